The monoisotopic (exact) mass is 278 g/mol. The Morgan fingerprint density at radius 2 is 2.21 bits per heavy atom. The standard InChI is InChI=1S/C14H22N4S/c1-17(8-9-18-6-2-3-7-18)11-12-4-5-16-13(10-12)14(15)19/h4-5,10H,2-3,6-9,11H2,1H3,(H2,15,19). The van der Waals surface area contributed by atoms with Crippen LogP contribution in [0.15, 0.2) is 18.3 Å². The summed E-state index contributed by atoms with van der Waals surface area (Å²) < 4.78 is 0. The van der Waals surface area contributed by atoms with Crippen LogP contribution in [0.2, 0.25) is 0 Å². The molecule has 0 radical (unpaired) electrons. The average Bonchev–Trinajstić information content (AvgIpc) is 2.90. The van der Waals surface area contributed by atoms with Crippen LogP contribution in [-0.2, 0) is 6.54 Å². The Morgan fingerprint density at radius 3 is 2.89 bits per heavy atom. The highest BCUT2D eigenvalue weighted by molar-refractivity contribution is 7.80. The molecule has 4 nitrogen and oxygen atoms in total. The Bertz CT molecular complexity index is 429. The van der Waals surface area contributed by atoms with Gasteiger partial charge in [-0.25, -0.2) is 0 Å². The summed E-state index contributed by atoms with van der Waals surface area (Å²) in [6.07, 6.45) is 4.48. The van der Waals surface area contributed by atoms with E-state index >= 15 is 0 Å². The summed E-state index contributed by atoms with van der Waals surface area (Å²) in [4.78, 5) is 9.39. The van der Waals surface area contributed by atoms with Gasteiger partial charge >= 0.3 is 0 Å². The van der Waals surface area contributed by atoms with E-state index in [1.165, 1.54) is 31.5 Å². The van der Waals surface area contributed by atoms with Gasteiger partial charge in [0.1, 0.15) is 4.99 Å². The predicted octanol–water partition coefficient (Wildman–Crippen LogP) is 1.24. The lowest BCUT2D eigenvalue weighted by Gasteiger charge is -2.21. The lowest BCUT2D eigenvalue weighted by Crippen LogP contribution is -2.31. The fourth-order valence-corrected chi connectivity index (χ4v) is 2.53. The first-order valence-corrected chi connectivity index (χ1v) is 7.21. The quantitative estimate of drug-likeness (QED) is 0.793. The second-order valence-electron chi connectivity index (χ2n) is 5.20. The first-order chi connectivity index (χ1) is 9.15. The van der Waals surface area contributed by atoms with Gasteiger partial charge in [-0.2, -0.15) is 0 Å². The van der Waals surface area contributed by atoms with E-state index < -0.39 is 0 Å². The lowest BCUT2D eigenvalue weighted by atomic mass is 10.2. The third-order valence-electron chi connectivity index (χ3n) is 3.53. The number of hydrogen-bond acceptors (Lipinski definition) is 4. The molecule has 0 atom stereocenters. The fraction of sp³-hybridized carbons (Fsp3) is 0.571. The highest BCUT2D eigenvalue weighted by atomic mass is 32.1. The van der Waals surface area contributed by atoms with E-state index in [2.05, 4.69) is 21.8 Å². The van der Waals surface area contributed by atoms with Gasteiger partial charge in [0.15, 0.2) is 0 Å². The topological polar surface area (TPSA) is 45.4 Å². The normalized spacial score (nSPS) is 16.1. The summed E-state index contributed by atoms with van der Waals surface area (Å²) in [5, 5.41) is 0. The van der Waals surface area contributed by atoms with Crippen LogP contribution in [0.25, 0.3) is 0 Å². The van der Waals surface area contributed by atoms with Gasteiger partial charge in [-0.05, 0) is 50.7 Å². The Morgan fingerprint density at radius 1 is 1.47 bits per heavy atom. The number of likely N-dealkylation sites (tertiary alicyclic amines) is 1. The van der Waals surface area contributed by atoms with Gasteiger partial charge in [0.05, 0.1) is 5.69 Å². The van der Waals surface area contributed by atoms with Crippen molar-refractivity contribution in [3.8, 4) is 0 Å². The predicted molar refractivity (Wildman–Crippen MR) is 82.1 cm³/mol. The maximum Gasteiger partial charge on any atom is 0.122 e. The van der Waals surface area contributed by atoms with E-state index in [0.29, 0.717) is 10.7 Å². The molecular weight excluding hydrogens is 256 g/mol. The maximum atomic E-state index is 5.60. The molecule has 1 saturated heterocycles. The molecule has 0 aliphatic carbocycles. The highest BCUT2D eigenvalue weighted by Gasteiger charge is 2.12. The van der Waals surface area contributed by atoms with Gasteiger partial charge in [-0.15, -0.1) is 0 Å². The highest BCUT2D eigenvalue weighted by Crippen LogP contribution is 2.08. The number of likely N-dealkylation sites (N-methyl/N-ethyl adjacent to an activating group) is 1. The summed E-state index contributed by atoms with van der Waals surface area (Å²) >= 11 is 4.95. The van der Waals surface area contributed by atoms with Crippen molar-refractivity contribution in [2.75, 3.05) is 33.2 Å². The van der Waals surface area contributed by atoms with Crippen molar-refractivity contribution in [3.05, 3.63) is 29.6 Å². The van der Waals surface area contributed by atoms with Crippen molar-refractivity contribution in [3.63, 3.8) is 0 Å². The van der Waals surface area contributed by atoms with Crippen molar-refractivity contribution in [1.29, 1.82) is 0 Å². The SMILES string of the molecule is CN(CCN1CCCC1)Cc1ccnc(C(N)=S)c1. The molecule has 5 heteroatoms. The van der Waals surface area contributed by atoms with Crippen LogP contribution < -0.4 is 5.73 Å². The number of aromatic nitrogens is 1. The zero-order chi connectivity index (χ0) is 13.7. The molecular formula is C14H22N4S. The molecule has 0 amide bonds. The van der Waals surface area contributed by atoms with Gasteiger partial charge in [0.25, 0.3) is 0 Å². The van der Waals surface area contributed by atoms with Crippen LogP contribution in [0.1, 0.15) is 24.1 Å². The molecule has 2 heterocycles. The Kier molecular flexibility index (Phi) is 5.24. The van der Waals surface area contributed by atoms with Crippen LogP contribution in [-0.4, -0.2) is 53.0 Å². The van der Waals surface area contributed by atoms with Crippen molar-refractivity contribution < 1.29 is 0 Å². The summed E-state index contributed by atoms with van der Waals surface area (Å²) in [5.41, 5.74) is 7.52. The molecule has 1 aliphatic rings. The van der Waals surface area contributed by atoms with E-state index in [0.717, 1.165) is 19.6 Å². The van der Waals surface area contributed by atoms with E-state index in [9.17, 15) is 0 Å². The Labute approximate surface area is 120 Å². The molecule has 1 aromatic rings. The van der Waals surface area contributed by atoms with Crippen LogP contribution in [0, 0.1) is 0 Å². The largest absolute Gasteiger partial charge is 0.388 e. The molecule has 0 aromatic carbocycles. The van der Waals surface area contributed by atoms with E-state index in [1.54, 1.807) is 6.20 Å². The van der Waals surface area contributed by atoms with Crippen LogP contribution in [0.5, 0.6) is 0 Å². The third-order valence-corrected chi connectivity index (χ3v) is 3.74. The molecule has 104 valence electrons. The second-order valence-corrected chi connectivity index (χ2v) is 5.64. The molecule has 1 fully saturated rings. The van der Waals surface area contributed by atoms with Crippen LogP contribution >= 0.6 is 12.2 Å². The minimum atomic E-state index is 0.363. The zero-order valence-electron chi connectivity index (χ0n) is 11.5. The first-order valence-electron chi connectivity index (χ1n) is 6.81. The van der Waals surface area contributed by atoms with Crippen molar-refractivity contribution in [2.24, 2.45) is 5.73 Å². The van der Waals surface area contributed by atoms with Gasteiger partial charge < -0.3 is 15.5 Å². The van der Waals surface area contributed by atoms with Gasteiger partial charge in [-0.1, -0.05) is 12.2 Å². The van der Waals surface area contributed by atoms with Gasteiger partial charge in [0.2, 0.25) is 0 Å². The Hall–Kier alpha value is -1.04. The van der Waals surface area contributed by atoms with Crippen LogP contribution in [0.4, 0.5) is 0 Å². The summed E-state index contributed by atoms with van der Waals surface area (Å²) in [6.45, 7) is 5.67. The average molecular weight is 278 g/mol. The number of hydrogen-bond donors (Lipinski definition) is 1. The number of rotatable bonds is 6. The van der Waals surface area contributed by atoms with Gasteiger partial charge in [0, 0.05) is 25.8 Å². The summed E-state index contributed by atoms with van der Waals surface area (Å²) in [5.74, 6) is 0. The number of thiocarbonyl (C=S) groups is 1. The fourth-order valence-electron chi connectivity index (χ4n) is 2.42. The van der Waals surface area contributed by atoms with E-state index in [1.807, 2.05) is 12.1 Å². The number of nitrogens with zero attached hydrogens (tertiary/aromatic N) is 3. The number of pyridine rings is 1. The molecule has 2 N–H and O–H groups in total. The minimum absolute atomic E-state index is 0.363. The molecule has 1 aromatic heterocycles. The smallest absolute Gasteiger partial charge is 0.122 e. The molecule has 0 bridgehead atoms. The third kappa shape index (κ3) is 4.53. The molecule has 2 rings (SSSR count). The van der Waals surface area contributed by atoms with Gasteiger partial charge in [-0.3, -0.25) is 4.98 Å². The lowest BCUT2D eigenvalue weighted by molar-refractivity contribution is 0.252. The molecule has 19 heavy (non-hydrogen) atoms. The van der Waals surface area contributed by atoms with Crippen molar-refractivity contribution >= 4 is 17.2 Å². The Balaban J connectivity index is 1.82. The zero-order valence-corrected chi connectivity index (χ0v) is 12.3. The van der Waals surface area contributed by atoms with E-state index in [-0.39, 0.29) is 0 Å². The van der Waals surface area contributed by atoms with Crippen LogP contribution in [0.3, 0.4) is 0 Å². The van der Waals surface area contributed by atoms with E-state index in [4.69, 9.17) is 18.0 Å². The van der Waals surface area contributed by atoms with Crippen molar-refractivity contribution in [1.82, 2.24) is 14.8 Å². The first kappa shape index (κ1) is 14.4. The summed E-state index contributed by atoms with van der Waals surface area (Å²) in [7, 11) is 2.15. The molecule has 0 unspecified atom stereocenters. The molecule has 0 saturated carbocycles. The number of nitrogens with two attached hydrogens (primary N) is 1. The summed E-state index contributed by atoms with van der Waals surface area (Å²) in [6, 6.07) is 4.00. The maximum absolute atomic E-state index is 5.60. The second kappa shape index (κ2) is 6.93. The molecule has 0 spiro atoms. The van der Waals surface area contributed by atoms with Crippen molar-refractivity contribution in [2.45, 2.75) is 19.4 Å². The minimum Gasteiger partial charge on any atom is -0.388 e. The molecule has 1 aliphatic heterocycles.